The minimum Gasteiger partial charge on any atom is -0.477 e. The van der Waals surface area contributed by atoms with E-state index in [4.69, 9.17) is 4.74 Å². The van der Waals surface area contributed by atoms with Crippen molar-refractivity contribution in [3.8, 4) is 17.1 Å². The predicted octanol–water partition coefficient (Wildman–Crippen LogP) is 3.29. The molecule has 2 unspecified atom stereocenters. The number of fused-ring (bicyclic) bond motifs is 1. The summed E-state index contributed by atoms with van der Waals surface area (Å²) in [5, 5.41) is 2.89. The van der Waals surface area contributed by atoms with Crippen molar-refractivity contribution in [1.82, 2.24) is 25.3 Å². The van der Waals surface area contributed by atoms with Crippen LogP contribution in [-0.4, -0.2) is 46.1 Å². The van der Waals surface area contributed by atoms with Crippen LogP contribution in [0.3, 0.4) is 0 Å². The Morgan fingerprint density at radius 2 is 1.86 bits per heavy atom. The second kappa shape index (κ2) is 9.05. The van der Waals surface area contributed by atoms with Gasteiger partial charge in [-0.15, -0.1) is 0 Å². The molecule has 3 saturated carbocycles. The lowest BCUT2D eigenvalue weighted by molar-refractivity contribution is 0.0888. The maximum Gasteiger partial charge on any atom is 0.252 e. The van der Waals surface area contributed by atoms with Gasteiger partial charge in [-0.3, -0.25) is 14.5 Å². The normalized spacial score (nSPS) is 24.2. The molecule has 6 rings (SSSR count). The fourth-order valence-corrected chi connectivity index (χ4v) is 6.56. The summed E-state index contributed by atoms with van der Waals surface area (Å²) in [7, 11) is -3.45. The van der Waals surface area contributed by atoms with Gasteiger partial charge < -0.3 is 10.1 Å². The largest absolute Gasteiger partial charge is 0.477 e. The summed E-state index contributed by atoms with van der Waals surface area (Å²) in [4.78, 5) is 30.6. The van der Waals surface area contributed by atoms with E-state index in [-0.39, 0.29) is 17.0 Å². The predicted molar refractivity (Wildman–Crippen MR) is 136 cm³/mol. The van der Waals surface area contributed by atoms with E-state index in [1.54, 1.807) is 30.6 Å². The third-order valence-electron chi connectivity index (χ3n) is 7.36. The van der Waals surface area contributed by atoms with Gasteiger partial charge in [0.05, 0.1) is 41.2 Å². The number of hydrogen-bond donors (Lipinski definition) is 2. The molecule has 2 atom stereocenters. The summed E-state index contributed by atoms with van der Waals surface area (Å²) in [6.07, 6.45) is 8.61. The SMILES string of the molecule is CCOc1cncc(-c2ccc(C(=O)NC3(c4cc(NS(=O)(=O)C5CC5)ncn4)CC4CC4C3)cc2)n1. The van der Waals surface area contributed by atoms with Gasteiger partial charge in [0.1, 0.15) is 12.1 Å². The van der Waals surface area contributed by atoms with Crippen molar-refractivity contribution in [2.75, 3.05) is 11.3 Å². The molecule has 3 aromatic rings. The van der Waals surface area contributed by atoms with Crippen molar-refractivity contribution >= 4 is 21.7 Å². The zero-order valence-electron chi connectivity index (χ0n) is 20.4. The van der Waals surface area contributed by atoms with Crippen LogP contribution >= 0.6 is 0 Å². The van der Waals surface area contributed by atoms with Gasteiger partial charge in [0, 0.05) is 17.2 Å². The molecule has 2 N–H and O–H groups in total. The average Bonchev–Trinajstić information content (AvgIpc) is 3.83. The number of nitrogens with one attached hydrogen (secondary N) is 2. The topological polar surface area (TPSA) is 136 Å². The van der Waals surface area contributed by atoms with Crippen LogP contribution < -0.4 is 14.8 Å². The molecule has 0 aliphatic heterocycles. The Morgan fingerprint density at radius 3 is 2.57 bits per heavy atom. The fourth-order valence-electron chi connectivity index (χ4n) is 5.23. The maximum atomic E-state index is 13.4. The number of carbonyl (C=O) groups is 1. The summed E-state index contributed by atoms with van der Waals surface area (Å²) in [6, 6.07) is 8.86. The molecule has 2 heterocycles. The van der Waals surface area contributed by atoms with Gasteiger partial charge >= 0.3 is 0 Å². The van der Waals surface area contributed by atoms with Gasteiger partial charge in [0.25, 0.3) is 5.91 Å². The highest BCUT2D eigenvalue weighted by molar-refractivity contribution is 7.93. The smallest absolute Gasteiger partial charge is 0.252 e. The summed E-state index contributed by atoms with van der Waals surface area (Å²) in [5.74, 6) is 1.57. The van der Waals surface area contributed by atoms with E-state index in [1.807, 2.05) is 19.1 Å². The minimum atomic E-state index is -3.45. The highest BCUT2D eigenvalue weighted by atomic mass is 32.2. The Morgan fingerprint density at radius 1 is 1.11 bits per heavy atom. The molecule has 3 fully saturated rings. The molecule has 1 aromatic carbocycles. The van der Waals surface area contributed by atoms with E-state index in [9.17, 15) is 13.2 Å². The first kappa shape index (κ1) is 23.8. The molecule has 3 aliphatic carbocycles. The van der Waals surface area contributed by atoms with E-state index < -0.39 is 15.6 Å². The number of sulfonamides is 1. The molecule has 3 aliphatic rings. The van der Waals surface area contributed by atoms with Gasteiger partial charge in [-0.25, -0.2) is 23.4 Å². The van der Waals surface area contributed by atoms with Crippen LogP contribution in [0.25, 0.3) is 11.3 Å². The van der Waals surface area contributed by atoms with Crippen LogP contribution in [0.2, 0.25) is 0 Å². The third-order valence-corrected chi connectivity index (χ3v) is 9.20. The molecule has 0 bridgehead atoms. The van der Waals surface area contributed by atoms with Gasteiger partial charge in [0.15, 0.2) is 0 Å². The Bertz CT molecular complexity index is 1430. The van der Waals surface area contributed by atoms with Gasteiger partial charge in [-0.2, -0.15) is 0 Å². The fraction of sp³-hybridized carbons (Fsp3) is 0.423. The first-order valence-corrected chi connectivity index (χ1v) is 14.1. The molecular formula is C26H28N6O4S. The van der Waals surface area contributed by atoms with Crippen molar-refractivity contribution in [2.24, 2.45) is 11.8 Å². The molecule has 192 valence electrons. The number of aromatic nitrogens is 4. The van der Waals surface area contributed by atoms with Crippen LogP contribution in [0.5, 0.6) is 5.88 Å². The lowest BCUT2D eigenvalue weighted by atomic mass is 9.88. The summed E-state index contributed by atoms with van der Waals surface area (Å²) in [5.41, 5.74) is 1.97. The van der Waals surface area contributed by atoms with Crippen LogP contribution in [0, 0.1) is 11.8 Å². The van der Waals surface area contributed by atoms with Crippen LogP contribution in [0.4, 0.5) is 5.82 Å². The van der Waals surface area contributed by atoms with Gasteiger partial charge in [-0.1, -0.05) is 12.1 Å². The minimum absolute atomic E-state index is 0.208. The van der Waals surface area contributed by atoms with Crippen LogP contribution in [-0.2, 0) is 15.6 Å². The van der Waals surface area contributed by atoms with Crippen molar-refractivity contribution in [2.45, 2.75) is 49.8 Å². The quantitative estimate of drug-likeness (QED) is 0.439. The first-order chi connectivity index (χ1) is 17.8. The van der Waals surface area contributed by atoms with Crippen molar-refractivity contribution < 1.29 is 17.9 Å². The summed E-state index contributed by atoms with van der Waals surface area (Å²) < 4.78 is 32.9. The second-order valence-electron chi connectivity index (χ2n) is 10.1. The maximum absolute atomic E-state index is 13.4. The molecule has 10 nitrogen and oxygen atoms in total. The molecule has 0 radical (unpaired) electrons. The molecule has 2 aromatic heterocycles. The molecule has 37 heavy (non-hydrogen) atoms. The number of ether oxygens (including phenoxy) is 1. The highest BCUT2D eigenvalue weighted by Crippen LogP contribution is 2.59. The van der Waals surface area contributed by atoms with E-state index in [1.165, 1.54) is 6.33 Å². The second-order valence-corrected chi connectivity index (χ2v) is 12.0. The average molecular weight is 521 g/mol. The first-order valence-electron chi connectivity index (χ1n) is 12.6. The van der Waals surface area contributed by atoms with E-state index in [0.717, 1.165) is 24.8 Å². The van der Waals surface area contributed by atoms with E-state index in [0.29, 0.717) is 54.1 Å². The monoisotopic (exact) mass is 520 g/mol. The Balaban J connectivity index is 1.22. The van der Waals surface area contributed by atoms with Crippen LogP contribution in [0.1, 0.15) is 55.1 Å². The number of carbonyl (C=O) groups excluding carboxylic acids is 1. The number of nitrogens with zero attached hydrogens (tertiary/aromatic N) is 4. The number of amides is 1. The molecule has 0 saturated heterocycles. The summed E-state index contributed by atoms with van der Waals surface area (Å²) >= 11 is 0. The highest BCUT2D eigenvalue weighted by Gasteiger charge is 2.56. The molecular weight excluding hydrogens is 492 g/mol. The lowest BCUT2D eigenvalue weighted by Crippen LogP contribution is -2.45. The van der Waals surface area contributed by atoms with Gasteiger partial charge in [-0.05, 0) is 63.0 Å². The van der Waals surface area contributed by atoms with Crippen molar-refractivity contribution in [3.63, 3.8) is 0 Å². The zero-order chi connectivity index (χ0) is 25.6. The van der Waals surface area contributed by atoms with E-state index in [2.05, 4.69) is 30.0 Å². The number of hydrogen-bond acceptors (Lipinski definition) is 8. The standard InChI is InChI=1S/C26H28N6O4S/c1-2-36-24-14-27-13-21(30-24)16-3-5-17(6-4-16)25(33)31-26(11-18-9-19(18)12-26)22-10-23(29-15-28-22)32-37(34,35)20-7-8-20/h3-6,10,13-15,18-20H,2,7-9,11-12H2,1H3,(H,31,33)(H,28,29,32). The third kappa shape index (κ3) is 4.87. The Hall–Kier alpha value is -3.60. The number of benzene rings is 1. The van der Waals surface area contributed by atoms with Crippen LogP contribution in [0.15, 0.2) is 49.1 Å². The van der Waals surface area contributed by atoms with Gasteiger partial charge in [0.2, 0.25) is 15.9 Å². The Labute approximate surface area is 215 Å². The zero-order valence-corrected chi connectivity index (χ0v) is 21.2. The molecule has 1 amide bonds. The number of rotatable bonds is 9. The number of anilines is 1. The van der Waals surface area contributed by atoms with E-state index >= 15 is 0 Å². The Kier molecular flexibility index (Phi) is 5.82. The lowest BCUT2D eigenvalue weighted by Gasteiger charge is -2.32. The molecule has 0 spiro atoms. The summed E-state index contributed by atoms with van der Waals surface area (Å²) in [6.45, 7) is 2.39. The van der Waals surface area contributed by atoms with Crippen molar-refractivity contribution in [1.29, 1.82) is 0 Å². The van der Waals surface area contributed by atoms with Crippen molar-refractivity contribution in [3.05, 3.63) is 60.3 Å². The molecule has 11 heteroatoms.